The van der Waals surface area contributed by atoms with Crippen LogP contribution in [0.1, 0.15) is 5.56 Å². The van der Waals surface area contributed by atoms with Gasteiger partial charge in [-0.2, -0.15) is 0 Å². The molecule has 4 aromatic carbocycles. The molecular weight excluding hydrogens is 408 g/mol. The second-order valence-corrected chi connectivity index (χ2v) is 8.26. The van der Waals surface area contributed by atoms with E-state index in [9.17, 15) is 9.59 Å². The summed E-state index contributed by atoms with van der Waals surface area (Å²) in [6.07, 6.45) is 0. The van der Waals surface area contributed by atoms with Gasteiger partial charge in [0.05, 0.1) is 5.75 Å². The molecule has 0 aliphatic carbocycles. The Kier molecular flexibility index (Phi) is 5.18. The standard InChI is InChI=1S/C26H18O4S/c27-24-14-20(26-22-8-4-3-6-18(22)10-12-23(26)30-24)15-29-25(28)16-31-21-11-9-17-5-1-2-7-19(17)13-21/h1-14H,15-16H2. The minimum atomic E-state index is -0.459. The molecule has 4 nitrogen and oxygen atoms in total. The van der Waals surface area contributed by atoms with Crippen LogP contribution in [-0.4, -0.2) is 11.7 Å². The van der Waals surface area contributed by atoms with Crippen molar-refractivity contribution in [1.82, 2.24) is 0 Å². The molecule has 0 saturated carbocycles. The van der Waals surface area contributed by atoms with Crippen LogP contribution in [0.25, 0.3) is 32.5 Å². The van der Waals surface area contributed by atoms with Gasteiger partial charge in [0, 0.05) is 21.9 Å². The molecule has 0 amide bonds. The zero-order chi connectivity index (χ0) is 21.2. The van der Waals surface area contributed by atoms with Crippen molar-refractivity contribution in [2.24, 2.45) is 0 Å². The molecule has 1 heterocycles. The number of esters is 1. The van der Waals surface area contributed by atoms with Crippen molar-refractivity contribution in [1.29, 1.82) is 0 Å². The summed E-state index contributed by atoms with van der Waals surface area (Å²) in [7, 11) is 0. The lowest BCUT2D eigenvalue weighted by molar-refractivity contribution is -0.141. The fourth-order valence-corrected chi connectivity index (χ4v) is 4.48. The molecule has 0 fully saturated rings. The van der Waals surface area contributed by atoms with E-state index in [0.29, 0.717) is 11.1 Å². The van der Waals surface area contributed by atoms with Crippen molar-refractivity contribution >= 4 is 50.2 Å². The summed E-state index contributed by atoms with van der Waals surface area (Å²) < 4.78 is 10.9. The topological polar surface area (TPSA) is 56.5 Å². The number of thioether (sulfide) groups is 1. The normalized spacial score (nSPS) is 11.2. The van der Waals surface area contributed by atoms with Gasteiger partial charge in [-0.15, -0.1) is 11.8 Å². The van der Waals surface area contributed by atoms with Crippen molar-refractivity contribution < 1.29 is 13.9 Å². The maximum Gasteiger partial charge on any atom is 0.336 e. The van der Waals surface area contributed by atoms with Crippen LogP contribution in [0.4, 0.5) is 0 Å². The second kappa shape index (κ2) is 8.28. The molecular formula is C26H18O4S. The monoisotopic (exact) mass is 426 g/mol. The highest BCUT2D eigenvalue weighted by molar-refractivity contribution is 8.00. The van der Waals surface area contributed by atoms with Gasteiger partial charge in [0.1, 0.15) is 12.2 Å². The Morgan fingerprint density at radius 3 is 2.45 bits per heavy atom. The van der Waals surface area contributed by atoms with Crippen LogP contribution in [0.15, 0.2) is 99.0 Å². The van der Waals surface area contributed by atoms with E-state index >= 15 is 0 Å². The molecule has 0 N–H and O–H groups in total. The molecule has 0 bridgehead atoms. The Morgan fingerprint density at radius 1 is 0.839 bits per heavy atom. The molecule has 0 saturated heterocycles. The molecule has 0 aliphatic rings. The van der Waals surface area contributed by atoms with Gasteiger partial charge in [-0.1, -0.05) is 60.7 Å². The Bertz CT molecular complexity index is 1490. The third kappa shape index (κ3) is 4.05. The van der Waals surface area contributed by atoms with E-state index in [1.165, 1.54) is 17.8 Å². The summed E-state index contributed by atoms with van der Waals surface area (Å²) in [6, 6.07) is 27.2. The summed E-state index contributed by atoms with van der Waals surface area (Å²) >= 11 is 1.43. The van der Waals surface area contributed by atoms with Gasteiger partial charge in [0.25, 0.3) is 0 Å². The van der Waals surface area contributed by atoms with Crippen LogP contribution in [0, 0.1) is 0 Å². The molecule has 0 radical (unpaired) electrons. The predicted molar refractivity (Wildman–Crippen MR) is 124 cm³/mol. The van der Waals surface area contributed by atoms with Gasteiger partial charge >= 0.3 is 11.6 Å². The van der Waals surface area contributed by atoms with E-state index in [-0.39, 0.29) is 18.3 Å². The zero-order valence-electron chi connectivity index (χ0n) is 16.5. The van der Waals surface area contributed by atoms with Crippen LogP contribution >= 0.6 is 11.8 Å². The van der Waals surface area contributed by atoms with Crippen molar-refractivity contribution in [3.05, 3.63) is 101 Å². The number of hydrogen-bond donors (Lipinski definition) is 0. The first-order valence-corrected chi connectivity index (χ1v) is 10.9. The molecule has 1 aromatic heterocycles. The van der Waals surface area contributed by atoms with Crippen molar-refractivity contribution in [3.63, 3.8) is 0 Å². The summed E-state index contributed by atoms with van der Waals surface area (Å²) in [6.45, 7) is 0.0211. The second-order valence-electron chi connectivity index (χ2n) is 7.21. The fourth-order valence-electron chi connectivity index (χ4n) is 3.73. The predicted octanol–water partition coefficient (Wildman–Crippen LogP) is 5.93. The highest BCUT2D eigenvalue weighted by Crippen LogP contribution is 2.28. The van der Waals surface area contributed by atoms with Crippen molar-refractivity contribution in [2.75, 3.05) is 5.75 Å². The van der Waals surface area contributed by atoms with Crippen molar-refractivity contribution in [3.8, 4) is 0 Å². The fraction of sp³-hybridized carbons (Fsp3) is 0.0769. The van der Waals surface area contributed by atoms with E-state index in [2.05, 4.69) is 12.1 Å². The van der Waals surface area contributed by atoms with Gasteiger partial charge in [-0.3, -0.25) is 4.79 Å². The summed E-state index contributed by atoms with van der Waals surface area (Å²) in [4.78, 5) is 25.4. The average molecular weight is 426 g/mol. The van der Waals surface area contributed by atoms with E-state index < -0.39 is 5.63 Å². The molecule has 5 aromatic rings. The van der Waals surface area contributed by atoms with Gasteiger partial charge in [0.15, 0.2) is 0 Å². The Morgan fingerprint density at radius 2 is 1.58 bits per heavy atom. The number of hydrogen-bond acceptors (Lipinski definition) is 5. The smallest absolute Gasteiger partial charge is 0.336 e. The first-order chi connectivity index (χ1) is 15.2. The highest BCUT2D eigenvalue weighted by atomic mass is 32.2. The molecule has 5 heteroatoms. The van der Waals surface area contributed by atoms with Crippen LogP contribution < -0.4 is 5.63 Å². The Balaban J connectivity index is 1.33. The molecule has 31 heavy (non-hydrogen) atoms. The average Bonchev–Trinajstić information content (AvgIpc) is 2.80. The molecule has 0 unspecified atom stereocenters. The molecule has 0 spiro atoms. The Labute approximate surface area is 182 Å². The summed E-state index contributed by atoms with van der Waals surface area (Å²) in [5, 5.41) is 5.09. The van der Waals surface area contributed by atoms with Gasteiger partial charge < -0.3 is 9.15 Å². The number of ether oxygens (including phenoxy) is 1. The van der Waals surface area contributed by atoms with Crippen LogP contribution in [-0.2, 0) is 16.1 Å². The van der Waals surface area contributed by atoms with Crippen LogP contribution in [0.3, 0.4) is 0 Å². The first-order valence-electron chi connectivity index (χ1n) is 9.89. The van der Waals surface area contributed by atoms with Crippen molar-refractivity contribution in [2.45, 2.75) is 11.5 Å². The molecule has 0 aliphatic heterocycles. The van der Waals surface area contributed by atoms with E-state index in [4.69, 9.17) is 9.15 Å². The number of rotatable bonds is 5. The number of fused-ring (bicyclic) bond motifs is 4. The maximum absolute atomic E-state index is 12.4. The number of benzene rings is 4. The number of carbonyl (C=O) groups excluding carboxylic acids is 1. The van der Waals surface area contributed by atoms with E-state index in [1.54, 1.807) is 6.07 Å². The largest absolute Gasteiger partial charge is 0.460 e. The van der Waals surface area contributed by atoms with E-state index in [0.717, 1.165) is 31.8 Å². The summed E-state index contributed by atoms with van der Waals surface area (Å²) in [5.41, 5.74) is 0.675. The highest BCUT2D eigenvalue weighted by Gasteiger charge is 2.12. The molecule has 5 rings (SSSR count). The third-order valence-electron chi connectivity index (χ3n) is 5.18. The number of carbonyl (C=O) groups is 1. The third-order valence-corrected chi connectivity index (χ3v) is 6.15. The minimum absolute atomic E-state index is 0.0211. The van der Waals surface area contributed by atoms with Crippen LogP contribution in [0.2, 0.25) is 0 Å². The lowest BCUT2D eigenvalue weighted by Crippen LogP contribution is -2.09. The lowest BCUT2D eigenvalue weighted by atomic mass is 10.0. The van der Waals surface area contributed by atoms with Gasteiger partial charge in [-0.25, -0.2) is 4.79 Å². The van der Waals surface area contributed by atoms with Crippen LogP contribution in [0.5, 0.6) is 0 Å². The van der Waals surface area contributed by atoms with Gasteiger partial charge in [0.2, 0.25) is 0 Å². The van der Waals surface area contributed by atoms with E-state index in [1.807, 2.05) is 60.7 Å². The maximum atomic E-state index is 12.4. The quantitative estimate of drug-likeness (QED) is 0.151. The van der Waals surface area contributed by atoms with Gasteiger partial charge in [-0.05, 0) is 39.7 Å². The zero-order valence-corrected chi connectivity index (χ0v) is 17.4. The first kappa shape index (κ1) is 19.4. The molecule has 152 valence electrons. The Hall–Kier alpha value is -3.57. The lowest BCUT2D eigenvalue weighted by Gasteiger charge is -2.10. The molecule has 0 atom stereocenters. The SMILES string of the molecule is O=C(CSc1ccc2ccccc2c1)OCc1cc(=O)oc2ccc3ccccc3c12. The summed E-state index contributed by atoms with van der Waals surface area (Å²) in [5.74, 6) is -0.141. The minimum Gasteiger partial charge on any atom is -0.460 e.